The van der Waals surface area contributed by atoms with Crippen LogP contribution in [0.25, 0.3) is 11.4 Å². The highest BCUT2D eigenvalue weighted by Crippen LogP contribution is 2.52. The van der Waals surface area contributed by atoms with Crippen LogP contribution in [-0.2, 0) is 5.41 Å². The van der Waals surface area contributed by atoms with Gasteiger partial charge in [-0.2, -0.15) is 0 Å². The summed E-state index contributed by atoms with van der Waals surface area (Å²) in [6, 6.07) is 8.84. The van der Waals surface area contributed by atoms with Gasteiger partial charge in [0.25, 0.3) is 20.9 Å². The van der Waals surface area contributed by atoms with Crippen molar-refractivity contribution in [3.8, 4) is 11.4 Å². The highest BCUT2D eigenvalue weighted by Gasteiger charge is 2.68. The van der Waals surface area contributed by atoms with E-state index in [4.69, 9.17) is 4.98 Å². The maximum absolute atomic E-state index is 5.01. The zero-order valence-electron chi connectivity index (χ0n) is 20.9. The molecule has 0 amide bonds. The Morgan fingerprint density at radius 3 is 2.25 bits per heavy atom. The minimum absolute atomic E-state index is 0.0576. The number of aromatic nitrogens is 2. The van der Waals surface area contributed by atoms with Crippen LogP contribution in [0.3, 0.4) is 0 Å². The van der Waals surface area contributed by atoms with Crippen molar-refractivity contribution in [3.05, 3.63) is 36.2 Å². The molecule has 0 radical (unpaired) electrons. The van der Waals surface area contributed by atoms with Gasteiger partial charge >= 0.3 is 14.2 Å². The van der Waals surface area contributed by atoms with Crippen LogP contribution in [0.15, 0.2) is 30.5 Å². The molecule has 5 heterocycles. The summed E-state index contributed by atoms with van der Waals surface area (Å²) < 4.78 is 15.6. The Morgan fingerprint density at radius 2 is 1.53 bits per heavy atom. The molecule has 1 aromatic carbocycles. The predicted octanol–water partition coefficient (Wildman–Crippen LogP) is 2.11. The number of imidazole rings is 1. The summed E-state index contributed by atoms with van der Waals surface area (Å²) in [6.07, 6.45) is 2.13. The van der Waals surface area contributed by atoms with Crippen molar-refractivity contribution in [1.82, 2.24) is 28.3 Å². The molecule has 0 bridgehead atoms. The van der Waals surface area contributed by atoms with Crippen molar-refractivity contribution in [2.45, 2.75) is 59.1 Å². The van der Waals surface area contributed by atoms with Gasteiger partial charge in [0.1, 0.15) is 5.82 Å². The molecule has 32 heavy (non-hydrogen) atoms. The molecular formula is C20H32B5N7. The predicted molar refractivity (Wildman–Crippen MR) is 138 cm³/mol. The molecule has 162 valence electrons. The number of benzene rings is 1. The van der Waals surface area contributed by atoms with Gasteiger partial charge in [0, 0.05) is 34.1 Å². The van der Waals surface area contributed by atoms with Crippen molar-refractivity contribution in [1.29, 1.82) is 0 Å². The Bertz CT molecular complexity index is 1110. The molecule has 12 heteroatoms. The van der Waals surface area contributed by atoms with E-state index in [0.29, 0.717) is 14.0 Å². The number of anilines is 1. The van der Waals surface area contributed by atoms with Gasteiger partial charge in [0.05, 0.1) is 0 Å². The van der Waals surface area contributed by atoms with E-state index in [1.54, 1.807) is 0 Å². The normalized spacial score (nSPS) is 24.7. The smallest absolute Gasteiger partial charge is 0.401 e. The van der Waals surface area contributed by atoms with Gasteiger partial charge in [-0.15, -0.1) is 0 Å². The van der Waals surface area contributed by atoms with Crippen LogP contribution in [0.2, 0.25) is 20.5 Å². The molecule has 2 saturated heterocycles. The van der Waals surface area contributed by atoms with Gasteiger partial charge in [-0.25, -0.2) is 4.98 Å². The van der Waals surface area contributed by atoms with Crippen molar-refractivity contribution in [2.75, 3.05) is 18.8 Å². The molecule has 0 unspecified atom stereocenters. The number of para-hydroxylation sites is 1. The Hall–Kier alpha value is -1.61. The molecule has 7 nitrogen and oxygen atoms in total. The van der Waals surface area contributed by atoms with Gasteiger partial charge in [-0.05, 0) is 40.1 Å². The van der Waals surface area contributed by atoms with E-state index in [0.717, 1.165) is 5.82 Å². The molecule has 0 atom stereocenters. The van der Waals surface area contributed by atoms with Crippen molar-refractivity contribution in [2.24, 2.45) is 0 Å². The van der Waals surface area contributed by atoms with E-state index in [9.17, 15) is 0 Å². The Labute approximate surface area is 194 Å². The van der Waals surface area contributed by atoms with E-state index in [1.165, 1.54) is 16.9 Å². The van der Waals surface area contributed by atoms with Gasteiger partial charge in [-0.1, -0.05) is 46.4 Å². The largest absolute Gasteiger partial charge is 0.455 e. The standard InChI is InChI=1S/C20H32B5N7/c1-19(2)17-14-26-18-15-12-10-11-13-16(15)30-24-28(9)21(5)27(8)22(6)32(24)23(7)31(20(19,3)4)25(30)29(17)18/h10-14H,1-9H3. The lowest BCUT2D eigenvalue weighted by molar-refractivity contribution is 0.164. The first kappa shape index (κ1) is 21.0. The molecule has 2 fully saturated rings. The van der Waals surface area contributed by atoms with Gasteiger partial charge in [-0.3, -0.25) is 0 Å². The van der Waals surface area contributed by atoms with Crippen LogP contribution in [0.4, 0.5) is 5.69 Å². The van der Waals surface area contributed by atoms with E-state index >= 15 is 0 Å². The monoisotopic (exact) mass is 425 g/mol. The third kappa shape index (κ3) is 2.16. The number of hydrogen-bond donors (Lipinski definition) is 0. The molecule has 0 saturated carbocycles. The summed E-state index contributed by atoms with van der Waals surface area (Å²) in [5.74, 6) is 1.10. The molecule has 0 spiro atoms. The summed E-state index contributed by atoms with van der Waals surface area (Å²) in [7, 11) is 4.79. The number of fused-ring (bicyclic) bond motifs is 5. The zero-order valence-corrected chi connectivity index (χ0v) is 20.9. The summed E-state index contributed by atoms with van der Waals surface area (Å²) in [5.41, 5.74) is 3.71. The first-order valence-corrected chi connectivity index (χ1v) is 12.0. The lowest BCUT2D eigenvalue weighted by atomic mass is 9.35. The van der Waals surface area contributed by atoms with E-state index < -0.39 is 0 Å². The van der Waals surface area contributed by atoms with Crippen LogP contribution in [0.5, 0.6) is 0 Å². The second-order valence-corrected chi connectivity index (χ2v) is 11.2. The molecule has 4 aliphatic heterocycles. The van der Waals surface area contributed by atoms with Crippen molar-refractivity contribution < 1.29 is 0 Å². The number of nitrogens with zero attached hydrogens (tertiary/aromatic N) is 7. The van der Waals surface area contributed by atoms with Gasteiger partial charge < -0.3 is 28.0 Å². The Morgan fingerprint density at radius 1 is 0.844 bits per heavy atom. The second-order valence-electron chi connectivity index (χ2n) is 11.2. The summed E-state index contributed by atoms with van der Waals surface area (Å²) in [5, 5.41) is 0. The number of hydrogen-bond acceptors (Lipinski definition) is 6. The SMILES string of the molecule is CB1N(C)B(C)N2B(N1C)N1B3N(B2C)C(C)(C)C(C)(C)c2cnc(n23)-c2ccccc21. The maximum atomic E-state index is 5.01. The lowest BCUT2D eigenvalue weighted by Crippen LogP contribution is -2.93. The topological polar surface area (TPSA) is 34.0 Å². The van der Waals surface area contributed by atoms with Gasteiger partial charge in [0.2, 0.25) is 0 Å². The van der Waals surface area contributed by atoms with E-state index in [1.807, 2.05) is 0 Å². The fraction of sp³-hybridized carbons (Fsp3) is 0.550. The molecule has 0 N–H and O–H groups in total. The first-order chi connectivity index (χ1) is 15.0. The summed E-state index contributed by atoms with van der Waals surface area (Å²) in [4.78, 5) is 5.01. The lowest BCUT2D eigenvalue weighted by Gasteiger charge is -2.69. The van der Waals surface area contributed by atoms with Crippen LogP contribution in [-0.4, -0.2) is 83.1 Å². The fourth-order valence-electron chi connectivity index (χ4n) is 6.87. The third-order valence-corrected chi connectivity index (χ3v) is 9.68. The first-order valence-electron chi connectivity index (χ1n) is 12.0. The second kappa shape index (κ2) is 6.29. The zero-order chi connectivity index (χ0) is 22.9. The van der Waals surface area contributed by atoms with E-state index in [-0.39, 0.29) is 32.2 Å². The molecule has 0 aliphatic carbocycles. The average Bonchev–Trinajstić information content (AvgIpc) is 3.21. The quantitative estimate of drug-likeness (QED) is 0.603. The molecule has 4 aliphatic rings. The van der Waals surface area contributed by atoms with Crippen LogP contribution >= 0.6 is 0 Å². The number of rotatable bonds is 0. The highest BCUT2D eigenvalue weighted by atomic mass is 15.5. The average molecular weight is 425 g/mol. The van der Waals surface area contributed by atoms with Crippen LogP contribution in [0, 0.1) is 0 Å². The van der Waals surface area contributed by atoms with Gasteiger partial charge in [0.15, 0.2) is 0 Å². The molecule has 6 rings (SSSR count). The highest BCUT2D eigenvalue weighted by molar-refractivity contribution is 7.03. The molecule has 1 aromatic heterocycles. The van der Waals surface area contributed by atoms with Crippen LogP contribution < -0.4 is 4.72 Å². The molecular weight excluding hydrogens is 392 g/mol. The van der Waals surface area contributed by atoms with Crippen molar-refractivity contribution in [3.63, 3.8) is 0 Å². The van der Waals surface area contributed by atoms with E-state index in [2.05, 4.69) is 121 Å². The Kier molecular flexibility index (Phi) is 4.12. The third-order valence-electron chi connectivity index (χ3n) is 9.68. The fourth-order valence-corrected chi connectivity index (χ4v) is 6.87. The minimum Gasteiger partial charge on any atom is -0.401 e. The maximum Gasteiger partial charge on any atom is 0.455 e. The summed E-state index contributed by atoms with van der Waals surface area (Å²) >= 11 is 0. The van der Waals surface area contributed by atoms with Crippen LogP contribution in [0.1, 0.15) is 33.4 Å². The molecule has 2 aromatic rings. The Balaban J connectivity index is 1.69. The minimum atomic E-state index is -0.0696. The summed E-state index contributed by atoms with van der Waals surface area (Å²) in [6.45, 7) is 17.6. The van der Waals surface area contributed by atoms with Crippen molar-refractivity contribution >= 4 is 40.9 Å².